The monoisotopic (exact) mass is 279 g/mol. The Morgan fingerprint density at radius 1 is 1.19 bits per heavy atom. The molecule has 3 rings (SSSR count). The molecule has 5 nitrogen and oxygen atoms in total. The highest BCUT2D eigenvalue weighted by molar-refractivity contribution is 5.97. The summed E-state index contributed by atoms with van der Waals surface area (Å²) in [7, 11) is 0. The summed E-state index contributed by atoms with van der Waals surface area (Å²) in [6.07, 6.45) is 1.51. The second kappa shape index (κ2) is 4.69. The maximum absolute atomic E-state index is 10.9. The molecule has 102 valence electrons. The van der Waals surface area contributed by atoms with Gasteiger partial charge in [-0.05, 0) is 41.5 Å². The predicted octanol–water partition coefficient (Wildman–Crippen LogP) is 3.38. The number of phenols is 1. The molecule has 0 aliphatic carbocycles. The number of carboxylic acid groups (broad SMARTS) is 1. The van der Waals surface area contributed by atoms with Gasteiger partial charge in [0, 0.05) is 5.39 Å². The largest absolute Gasteiger partial charge is 0.507 e. The number of hydrogen-bond acceptors (Lipinski definition) is 4. The SMILES string of the molecule is N#Cc1cc(-c2ccc(C(=O)O)c(O)c2)c2ccoc2c1. The fourth-order valence-electron chi connectivity index (χ4n) is 2.25. The van der Waals surface area contributed by atoms with Crippen LogP contribution in [0, 0.1) is 11.3 Å². The smallest absolute Gasteiger partial charge is 0.339 e. The molecule has 0 amide bonds. The third kappa shape index (κ3) is 2.09. The number of nitriles is 1. The minimum absolute atomic E-state index is 0.168. The van der Waals surface area contributed by atoms with Gasteiger partial charge in [-0.3, -0.25) is 0 Å². The topological polar surface area (TPSA) is 94.5 Å². The zero-order valence-corrected chi connectivity index (χ0v) is 10.7. The fourth-order valence-corrected chi connectivity index (χ4v) is 2.25. The molecule has 5 heteroatoms. The van der Waals surface area contributed by atoms with E-state index in [2.05, 4.69) is 0 Å². The lowest BCUT2D eigenvalue weighted by Gasteiger charge is -2.06. The maximum atomic E-state index is 10.9. The third-order valence-corrected chi connectivity index (χ3v) is 3.24. The van der Waals surface area contributed by atoms with Crippen LogP contribution in [0.1, 0.15) is 15.9 Å². The van der Waals surface area contributed by atoms with Crippen LogP contribution < -0.4 is 0 Å². The molecule has 2 aromatic carbocycles. The molecule has 0 aliphatic rings. The van der Waals surface area contributed by atoms with Crippen molar-refractivity contribution in [2.45, 2.75) is 0 Å². The summed E-state index contributed by atoms with van der Waals surface area (Å²) in [5.41, 5.74) is 2.13. The highest BCUT2D eigenvalue weighted by Gasteiger charge is 2.13. The first kappa shape index (κ1) is 12.8. The quantitative estimate of drug-likeness (QED) is 0.749. The molecule has 0 saturated heterocycles. The number of furan rings is 1. The van der Waals surface area contributed by atoms with Crippen molar-refractivity contribution >= 4 is 16.9 Å². The lowest BCUT2D eigenvalue weighted by molar-refractivity contribution is 0.0694. The average Bonchev–Trinajstić information content (AvgIpc) is 2.93. The first-order chi connectivity index (χ1) is 10.1. The minimum atomic E-state index is -1.20. The number of aromatic carboxylic acids is 1. The number of carbonyl (C=O) groups is 1. The molecule has 0 radical (unpaired) electrons. The van der Waals surface area contributed by atoms with Crippen LogP contribution in [0.2, 0.25) is 0 Å². The van der Waals surface area contributed by atoms with E-state index in [1.165, 1.54) is 18.4 Å². The second-order valence-corrected chi connectivity index (χ2v) is 4.51. The molecule has 1 aromatic heterocycles. The zero-order valence-electron chi connectivity index (χ0n) is 10.7. The standard InChI is InChI=1S/C16H9NO4/c17-8-9-5-13(11-3-4-21-15(11)6-9)10-1-2-12(16(19)20)14(18)7-10/h1-7,18H,(H,19,20). The molecule has 21 heavy (non-hydrogen) atoms. The highest BCUT2D eigenvalue weighted by atomic mass is 16.4. The number of carboxylic acids is 1. The zero-order chi connectivity index (χ0) is 15.0. The fraction of sp³-hybridized carbons (Fsp3) is 0. The summed E-state index contributed by atoms with van der Waals surface area (Å²) in [5.74, 6) is -1.52. The van der Waals surface area contributed by atoms with Crippen molar-refractivity contribution < 1.29 is 19.4 Å². The van der Waals surface area contributed by atoms with E-state index in [9.17, 15) is 9.90 Å². The van der Waals surface area contributed by atoms with Crippen LogP contribution in [0.4, 0.5) is 0 Å². The number of aromatic hydroxyl groups is 1. The maximum Gasteiger partial charge on any atom is 0.339 e. The van der Waals surface area contributed by atoms with Gasteiger partial charge in [-0.1, -0.05) is 6.07 Å². The summed E-state index contributed by atoms with van der Waals surface area (Å²) in [4.78, 5) is 10.9. The summed E-state index contributed by atoms with van der Waals surface area (Å²) in [5, 5.41) is 28.6. The van der Waals surface area contributed by atoms with Crippen molar-refractivity contribution in [1.29, 1.82) is 5.26 Å². The Morgan fingerprint density at radius 3 is 2.67 bits per heavy atom. The molecule has 0 atom stereocenters. The van der Waals surface area contributed by atoms with Gasteiger partial charge in [0.1, 0.15) is 16.9 Å². The van der Waals surface area contributed by atoms with Crippen LogP contribution in [-0.4, -0.2) is 16.2 Å². The highest BCUT2D eigenvalue weighted by Crippen LogP contribution is 2.33. The van der Waals surface area contributed by atoms with Gasteiger partial charge >= 0.3 is 5.97 Å². The van der Waals surface area contributed by atoms with Crippen molar-refractivity contribution in [3.63, 3.8) is 0 Å². The minimum Gasteiger partial charge on any atom is -0.507 e. The van der Waals surface area contributed by atoms with Crippen molar-refractivity contribution in [1.82, 2.24) is 0 Å². The number of hydrogen-bond donors (Lipinski definition) is 2. The Balaban J connectivity index is 2.25. The number of fused-ring (bicyclic) bond motifs is 1. The van der Waals surface area contributed by atoms with E-state index in [1.54, 1.807) is 24.3 Å². The van der Waals surface area contributed by atoms with Crippen LogP contribution in [0.5, 0.6) is 5.75 Å². The Bertz CT molecular complexity index is 902. The van der Waals surface area contributed by atoms with Gasteiger partial charge < -0.3 is 14.6 Å². The Morgan fingerprint density at radius 2 is 2.00 bits per heavy atom. The Kier molecular flexibility index (Phi) is 2.85. The van der Waals surface area contributed by atoms with Crippen molar-refractivity contribution in [3.8, 4) is 22.9 Å². The van der Waals surface area contributed by atoms with Crippen molar-refractivity contribution in [3.05, 3.63) is 53.8 Å². The lowest BCUT2D eigenvalue weighted by Crippen LogP contribution is -1.96. The summed E-state index contributed by atoms with van der Waals surface area (Å²) < 4.78 is 5.31. The molecule has 1 heterocycles. The number of benzene rings is 2. The Hall–Kier alpha value is -3.26. The molecule has 0 bridgehead atoms. The van der Waals surface area contributed by atoms with Crippen LogP contribution in [0.25, 0.3) is 22.1 Å². The molecule has 3 aromatic rings. The first-order valence-electron chi connectivity index (χ1n) is 6.08. The van der Waals surface area contributed by atoms with Gasteiger partial charge in [0.2, 0.25) is 0 Å². The second-order valence-electron chi connectivity index (χ2n) is 4.51. The van der Waals surface area contributed by atoms with Gasteiger partial charge in [0.05, 0.1) is 17.9 Å². The van der Waals surface area contributed by atoms with Crippen LogP contribution in [0.15, 0.2) is 47.1 Å². The molecule has 0 unspecified atom stereocenters. The first-order valence-corrected chi connectivity index (χ1v) is 6.08. The van der Waals surface area contributed by atoms with E-state index in [1.807, 2.05) is 6.07 Å². The van der Waals surface area contributed by atoms with Crippen LogP contribution >= 0.6 is 0 Å². The normalized spacial score (nSPS) is 10.4. The lowest BCUT2D eigenvalue weighted by atomic mass is 9.98. The van der Waals surface area contributed by atoms with Gasteiger partial charge in [-0.2, -0.15) is 5.26 Å². The van der Waals surface area contributed by atoms with E-state index < -0.39 is 5.97 Å². The van der Waals surface area contributed by atoms with Crippen molar-refractivity contribution in [2.75, 3.05) is 0 Å². The predicted molar refractivity (Wildman–Crippen MR) is 75.0 cm³/mol. The molecule has 0 aliphatic heterocycles. The van der Waals surface area contributed by atoms with Crippen LogP contribution in [-0.2, 0) is 0 Å². The number of rotatable bonds is 2. The molecule has 2 N–H and O–H groups in total. The van der Waals surface area contributed by atoms with E-state index in [-0.39, 0.29) is 11.3 Å². The van der Waals surface area contributed by atoms with E-state index >= 15 is 0 Å². The van der Waals surface area contributed by atoms with Crippen LogP contribution in [0.3, 0.4) is 0 Å². The van der Waals surface area contributed by atoms with Gasteiger partial charge in [0.25, 0.3) is 0 Å². The molecule has 0 spiro atoms. The van der Waals surface area contributed by atoms with Gasteiger partial charge in [-0.15, -0.1) is 0 Å². The molecule has 0 fully saturated rings. The average molecular weight is 279 g/mol. The number of nitrogens with zero attached hydrogens (tertiary/aromatic N) is 1. The van der Waals surface area contributed by atoms with E-state index in [0.717, 1.165) is 5.39 Å². The third-order valence-electron chi connectivity index (χ3n) is 3.24. The molecular formula is C16H9NO4. The summed E-state index contributed by atoms with van der Waals surface area (Å²) in [6.45, 7) is 0. The molecule has 0 saturated carbocycles. The summed E-state index contributed by atoms with van der Waals surface area (Å²) >= 11 is 0. The van der Waals surface area contributed by atoms with Gasteiger partial charge in [0.15, 0.2) is 0 Å². The van der Waals surface area contributed by atoms with E-state index in [4.69, 9.17) is 14.8 Å². The Labute approximate surface area is 119 Å². The summed E-state index contributed by atoms with van der Waals surface area (Å²) in [6, 6.07) is 11.4. The van der Waals surface area contributed by atoms with E-state index in [0.29, 0.717) is 22.3 Å². The molecular weight excluding hydrogens is 270 g/mol. The van der Waals surface area contributed by atoms with Gasteiger partial charge in [-0.25, -0.2) is 4.79 Å². The van der Waals surface area contributed by atoms with Crippen molar-refractivity contribution in [2.24, 2.45) is 0 Å².